The second-order valence-electron chi connectivity index (χ2n) is 7.45. The van der Waals surface area contributed by atoms with Crippen molar-refractivity contribution in [3.8, 4) is 22.9 Å². The van der Waals surface area contributed by atoms with Crippen LogP contribution in [0.3, 0.4) is 0 Å². The lowest BCUT2D eigenvalue weighted by molar-refractivity contribution is 0.0730. The van der Waals surface area contributed by atoms with Crippen LogP contribution in [0.15, 0.2) is 47.0 Å². The topological polar surface area (TPSA) is 77.7 Å². The van der Waals surface area contributed by atoms with Crippen molar-refractivity contribution in [3.05, 3.63) is 59.7 Å². The van der Waals surface area contributed by atoms with Gasteiger partial charge in [0.2, 0.25) is 18.5 Å². The Kier molecular flexibility index (Phi) is 5.65. The van der Waals surface area contributed by atoms with Gasteiger partial charge in [-0.05, 0) is 36.2 Å². The monoisotopic (exact) mass is 411 g/mol. The zero-order valence-electron chi connectivity index (χ0n) is 16.8. The summed E-state index contributed by atoms with van der Waals surface area (Å²) in [6, 6.07) is 11.4. The highest BCUT2D eigenvalue weighted by Crippen LogP contribution is 2.35. The maximum Gasteiger partial charge on any atom is 0.256 e. The largest absolute Gasteiger partial charge is 0.454 e. The van der Waals surface area contributed by atoms with Crippen LogP contribution >= 0.6 is 0 Å². The molecule has 1 aliphatic rings. The third kappa shape index (κ3) is 4.27. The van der Waals surface area contributed by atoms with Gasteiger partial charge in [-0.2, -0.15) is 4.98 Å². The highest BCUT2D eigenvalue weighted by atomic mass is 19.1. The third-order valence-corrected chi connectivity index (χ3v) is 4.67. The highest BCUT2D eigenvalue weighted by Gasteiger charge is 2.21. The number of halogens is 1. The van der Waals surface area contributed by atoms with Crippen LogP contribution in [0.4, 0.5) is 4.39 Å². The van der Waals surface area contributed by atoms with Crippen molar-refractivity contribution in [3.63, 3.8) is 0 Å². The number of carbonyl (C=O) groups is 1. The number of rotatable bonds is 7. The van der Waals surface area contributed by atoms with Crippen molar-refractivity contribution in [2.75, 3.05) is 19.9 Å². The van der Waals surface area contributed by atoms with Crippen LogP contribution in [-0.4, -0.2) is 40.8 Å². The van der Waals surface area contributed by atoms with Crippen LogP contribution in [0.5, 0.6) is 11.5 Å². The van der Waals surface area contributed by atoms with E-state index in [0.29, 0.717) is 42.7 Å². The maximum atomic E-state index is 14.1. The molecule has 8 heteroatoms. The Morgan fingerprint density at radius 1 is 1.17 bits per heavy atom. The Morgan fingerprint density at radius 2 is 1.97 bits per heavy atom. The van der Waals surface area contributed by atoms with E-state index in [2.05, 4.69) is 10.1 Å². The maximum absolute atomic E-state index is 14.1. The summed E-state index contributed by atoms with van der Waals surface area (Å²) in [5.74, 6) is 1.50. The predicted octanol–water partition coefficient (Wildman–Crippen LogP) is 3.95. The molecule has 30 heavy (non-hydrogen) atoms. The highest BCUT2D eigenvalue weighted by molar-refractivity contribution is 5.94. The molecule has 2 aromatic carbocycles. The molecule has 0 saturated carbocycles. The fraction of sp³-hybridized carbons (Fsp3) is 0.318. The van der Waals surface area contributed by atoms with E-state index in [1.807, 2.05) is 19.9 Å². The molecule has 0 N–H and O–H groups in total. The Bertz CT molecular complexity index is 1050. The van der Waals surface area contributed by atoms with E-state index in [-0.39, 0.29) is 24.2 Å². The fourth-order valence-corrected chi connectivity index (χ4v) is 3.26. The minimum Gasteiger partial charge on any atom is -0.454 e. The van der Waals surface area contributed by atoms with Gasteiger partial charge in [0.15, 0.2) is 11.5 Å². The normalized spacial score (nSPS) is 12.4. The van der Waals surface area contributed by atoms with Gasteiger partial charge in [0.05, 0.1) is 5.56 Å². The average Bonchev–Trinajstić information content (AvgIpc) is 3.39. The minimum atomic E-state index is -0.529. The van der Waals surface area contributed by atoms with E-state index in [9.17, 15) is 9.18 Å². The van der Waals surface area contributed by atoms with Gasteiger partial charge in [0.25, 0.3) is 5.91 Å². The SMILES string of the molecule is CC(C)CN(CCc1nc(-c2ccc3c(c2)OCO3)no1)C(=O)c1ccccc1F. The third-order valence-electron chi connectivity index (χ3n) is 4.67. The molecule has 2 heterocycles. The minimum absolute atomic E-state index is 0.0599. The first-order valence-electron chi connectivity index (χ1n) is 9.77. The Labute approximate surface area is 173 Å². The molecule has 4 rings (SSSR count). The number of hydrogen-bond acceptors (Lipinski definition) is 6. The summed E-state index contributed by atoms with van der Waals surface area (Å²) in [5.41, 5.74) is 0.806. The number of benzene rings is 2. The van der Waals surface area contributed by atoms with Crippen molar-refractivity contribution in [1.82, 2.24) is 15.0 Å². The molecule has 7 nitrogen and oxygen atoms in total. The average molecular weight is 411 g/mol. The van der Waals surface area contributed by atoms with Crippen LogP contribution in [0.2, 0.25) is 0 Å². The summed E-state index contributed by atoms with van der Waals surface area (Å²) in [7, 11) is 0. The van der Waals surface area contributed by atoms with Gasteiger partial charge in [0.1, 0.15) is 5.82 Å². The van der Waals surface area contributed by atoms with Gasteiger partial charge in [-0.3, -0.25) is 4.79 Å². The molecule has 0 spiro atoms. The van der Waals surface area contributed by atoms with E-state index in [0.717, 1.165) is 5.56 Å². The summed E-state index contributed by atoms with van der Waals surface area (Å²) in [5, 5.41) is 4.02. The second kappa shape index (κ2) is 8.52. The van der Waals surface area contributed by atoms with Gasteiger partial charge in [-0.15, -0.1) is 0 Å². The number of aromatic nitrogens is 2. The van der Waals surface area contributed by atoms with Crippen molar-refractivity contribution >= 4 is 5.91 Å². The number of amides is 1. The van der Waals surface area contributed by atoms with Crippen molar-refractivity contribution in [2.45, 2.75) is 20.3 Å². The van der Waals surface area contributed by atoms with E-state index in [4.69, 9.17) is 14.0 Å². The number of ether oxygens (including phenoxy) is 2. The van der Waals surface area contributed by atoms with Gasteiger partial charge in [-0.25, -0.2) is 4.39 Å². The molecular weight excluding hydrogens is 389 g/mol. The van der Waals surface area contributed by atoms with Crippen molar-refractivity contribution in [2.24, 2.45) is 5.92 Å². The predicted molar refractivity (Wildman–Crippen MR) is 107 cm³/mol. The molecular formula is C22H22FN3O4. The quantitative estimate of drug-likeness (QED) is 0.586. The Hall–Kier alpha value is -3.42. The Morgan fingerprint density at radius 3 is 2.77 bits per heavy atom. The van der Waals surface area contributed by atoms with E-state index < -0.39 is 5.82 Å². The molecule has 0 bridgehead atoms. The molecule has 1 amide bonds. The zero-order chi connectivity index (χ0) is 21.1. The van der Waals surface area contributed by atoms with E-state index in [1.54, 1.807) is 29.2 Å². The molecule has 1 aliphatic heterocycles. The van der Waals surface area contributed by atoms with Crippen LogP contribution in [0, 0.1) is 11.7 Å². The smallest absolute Gasteiger partial charge is 0.256 e. The van der Waals surface area contributed by atoms with Crippen molar-refractivity contribution < 1.29 is 23.2 Å². The summed E-state index contributed by atoms with van der Waals surface area (Å²) < 4.78 is 30.1. The molecule has 0 unspecified atom stereocenters. The van der Waals surface area contributed by atoms with Gasteiger partial charge in [0, 0.05) is 25.1 Å². The van der Waals surface area contributed by atoms with Crippen LogP contribution in [0.25, 0.3) is 11.4 Å². The van der Waals surface area contributed by atoms with Gasteiger partial charge in [-0.1, -0.05) is 31.1 Å². The fourth-order valence-electron chi connectivity index (χ4n) is 3.26. The molecule has 156 valence electrons. The molecule has 0 saturated heterocycles. The first-order valence-corrected chi connectivity index (χ1v) is 9.77. The van der Waals surface area contributed by atoms with Crippen LogP contribution in [0.1, 0.15) is 30.1 Å². The van der Waals surface area contributed by atoms with Gasteiger partial charge < -0.3 is 18.9 Å². The molecule has 0 atom stereocenters. The molecule has 3 aromatic rings. The molecule has 0 radical (unpaired) electrons. The van der Waals surface area contributed by atoms with Crippen molar-refractivity contribution in [1.29, 1.82) is 0 Å². The number of nitrogens with zero attached hydrogens (tertiary/aromatic N) is 3. The summed E-state index contributed by atoms with van der Waals surface area (Å²) in [4.78, 5) is 18.9. The number of fused-ring (bicyclic) bond motifs is 1. The zero-order valence-corrected chi connectivity index (χ0v) is 16.8. The summed E-state index contributed by atoms with van der Waals surface area (Å²) >= 11 is 0. The molecule has 0 aliphatic carbocycles. The second-order valence-corrected chi connectivity index (χ2v) is 7.45. The summed E-state index contributed by atoms with van der Waals surface area (Å²) in [6.07, 6.45) is 0.366. The Balaban J connectivity index is 1.46. The molecule has 0 fully saturated rings. The van der Waals surface area contributed by atoms with Crippen LogP contribution in [-0.2, 0) is 6.42 Å². The van der Waals surface area contributed by atoms with Crippen LogP contribution < -0.4 is 9.47 Å². The molecule has 1 aromatic heterocycles. The first kappa shape index (κ1) is 19.9. The standard InChI is InChI=1S/C22H22FN3O4/c1-14(2)12-26(22(27)16-5-3-4-6-17(16)23)10-9-20-24-21(25-30-20)15-7-8-18-19(11-15)29-13-28-18/h3-8,11,14H,9-10,12-13H2,1-2H3. The number of hydrogen-bond donors (Lipinski definition) is 0. The first-order chi connectivity index (χ1) is 14.5. The number of carbonyl (C=O) groups excluding carboxylic acids is 1. The van der Waals surface area contributed by atoms with E-state index >= 15 is 0 Å². The summed E-state index contributed by atoms with van der Waals surface area (Å²) in [6.45, 7) is 5.04. The van der Waals surface area contributed by atoms with E-state index in [1.165, 1.54) is 12.1 Å². The lowest BCUT2D eigenvalue weighted by atomic mass is 10.1. The lowest BCUT2D eigenvalue weighted by Gasteiger charge is -2.24. The van der Waals surface area contributed by atoms with Gasteiger partial charge >= 0.3 is 0 Å². The lowest BCUT2D eigenvalue weighted by Crippen LogP contribution is -2.36.